The quantitative estimate of drug-likeness (QED) is 0.0386. The maximum absolute atomic E-state index is 16.4. The maximum Gasteiger partial charge on any atom is 0.307 e. The third kappa shape index (κ3) is 17.3. The van der Waals surface area contributed by atoms with Gasteiger partial charge in [-0.1, -0.05) is 0 Å². The number of thiophene rings is 3. The number of nitrogens with zero attached hydrogens (tertiary/aromatic N) is 14. The monoisotopic (exact) mass is 1780 g/mol. The van der Waals surface area contributed by atoms with Gasteiger partial charge in [0.2, 0.25) is 0 Å². The number of morpholine rings is 1. The Morgan fingerprint density at radius 1 is 0.413 bits per heavy atom. The molecular weight excluding hydrogens is 1680 g/mol. The van der Waals surface area contributed by atoms with Crippen LogP contribution in [0.4, 0.5) is 26.3 Å². The highest BCUT2D eigenvalue weighted by Crippen LogP contribution is 2.54. The highest BCUT2D eigenvalue weighted by atomic mass is 32.1. The van der Waals surface area contributed by atoms with Gasteiger partial charge in [-0.3, -0.25) is 29.0 Å². The van der Waals surface area contributed by atoms with Crippen LogP contribution in [0, 0.1) is 106 Å². The van der Waals surface area contributed by atoms with Crippen molar-refractivity contribution in [1.29, 1.82) is 0 Å². The normalized spacial score (nSPS) is 24.6. The number of carboxylic acids is 3. The van der Waals surface area contributed by atoms with E-state index in [9.17, 15) is 47.7 Å². The number of H-pyrrole nitrogens is 3. The van der Waals surface area contributed by atoms with Crippen LogP contribution in [0.2, 0.25) is 0 Å². The molecule has 12 aliphatic rings. The van der Waals surface area contributed by atoms with Gasteiger partial charge in [-0.2, -0.15) is 0 Å². The Hall–Kier alpha value is -10.3. The van der Waals surface area contributed by atoms with E-state index in [1.165, 1.54) is 52.2 Å². The van der Waals surface area contributed by atoms with E-state index in [4.69, 9.17) is 14.7 Å². The van der Waals surface area contributed by atoms with Crippen LogP contribution in [0.15, 0.2) is 91.8 Å². The van der Waals surface area contributed by atoms with Gasteiger partial charge in [0.1, 0.15) is 51.5 Å². The summed E-state index contributed by atoms with van der Waals surface area (Å²) in [6.07, 6.45) is 20.2. The molecule has 34 heteroatoms. The highest BCUT2D eigenvalue weighted by molar-refractivity contribution is 7.17. The lowest BCUT2D eigenvalue weighted by Gasteiger charge is -2.46. The molecular formula is C92H97F6N17O8S3. The molecule has 6 unspecified atom stereocenters. The number of likely N-dealkylation sites (N-methyl/N-ethyl adjacent to an activating group) is 2. The fraction of sp³-hybridized carbons (Fsp3) is 0.467. The van der Waals surface area contributed by atoms with Gasteiger partial charge in [-0.25, -0.2) is 71.2 Å². The van der Waals surface area contributed by atoms with E-state index in [0.717, 1.165) is 171 Å². The van der Waals surface area contributed by atoms with Gasteiger partial charge in [0, 0.05) is 140 Å². The lowest BCUT2D eigenvalue weighted by atomic mass is 9.57. The summed E-state index contributed by atoms with van der Waals surface area (Å²) in [5.74, 6) is -6.09. The van der Waals surface area contributed by atoms with Gasteiger partial charge in [-0.15, -0.1) is 34.0 Å². The Bertz CT molecular complexity index is 6070. The fourth-order valence-corrected chi connectivity index (χ4v) is 24.8. The van der Waals surface area contributed by atoms with E-state index in [2.05, 4.69) is 76.5 Å². The van der Waals surface area contributed by atoms with E-state index in [1.807, 2.05) is 31.3 Å². The van der Waals surface area contributed by atoms with Gasteiger partial charge >= 0.3 is 17.9 Å². The molecule has 24 rings (SSSR count). The molecule has 12 aromatic rings. The molecule has 658 valence electrons. The Balaban J connectivity index is 0.000000123. The second-order valence-electron chi connectivity index (χ2n) is 35.7. The zero-order chi connectivity index (χ0) is 86.9. The van der Waals surface area contributed by atoms with Crippen molar-refractivity contribution in [3.63, 3.8) is 0 Å². The number of hydrogen-bond donors (Lipinski definition) is 6. The molecule has 0 spiro atoms. The standard InChI is InChI=1S/C31H32F2N6O3S.C31H34F2N6O2S.C30H31F2N5O3S/c1-38-8-10-39(11-9-38)30(40)24-7-6-23(43-24)27-26(33)22(13-19-16-2-4-17(5-3-16)25(19)31(41)42)36-29(37-27)21-15-35-28-20(21)12-18(32)14-34-28;1-38-8-10-39(11-9-38)16-20-6-7-25(42-20)28-27(33)24(13-21-17-2-4-18(5-3-17)26(21)31(40)41)36-30(37-28)23-15-35-29-22(23)12-19(32)14-34-29;31-18-11-21-22(14-34-28(21)33-13-18)29-35-23(12-20-16-1-3-17(4-2-16)25(20)30(38)39)26(32)27(36-29)24-6-5-19(41-24)15-37-7-9-40-10-8-37/h6-7,12,14-17,19,25H,2-5,8-11,13H2,1H3,(H,34,35)(H,41,42);6-7,12,14-15,17-18,21,26H,2-5,8-11,13,16H2,1H3,(H,34,35)(H,40,41);5-6,11,13-14,16-17,20,25H,1-4,7-10,12,15H2,(H,33,34)(H,38,39). The number of hydrogen-bond acceptors (Lipinski definition) is 21. The van der Waals surface area contributed by atoms with Crippen LogP contribution >= 0.6 is 34.0 Å². The lowest BCUT2D eigenvalue weighted by molar-refractivity contribution is -0.153. The molecule has 12 fully saturated rings. The van der Waals surface area contributed by atoms with Crippen LogP contribution in [0.1, 0.15) is 114 Å². The van der Waals surface area contributed by atoms with Gasteiger partial charge in [0.05, 0.1) is 86.1 Å². The smallest absolute Gasteiger partial charge is 0.307 e. The summed E-state index contributed by atoms with van der Waals surface area (Å²) in [5.41, 5.74) is 3.98. The number of aliphatic carboxylic acids is 3. The van der Waals surface area contributed by atoms with E-state index in [-0.39, 0.29) is 130 Å². The van der Waals surface area contributed by atoms with Crippen molar-refractivity contribution in [2.24, 2.45) is 71.0 Å². The fourth-order valence-electron chi connectivity index (χ4n) is 21.8. The molecule has 0 radical (unpaired) electrons. The van der Waals surface area contributed by atoms with E-state index in [1.54, 1.807) is 35.6 Å². The van der Waals surface area contributed by atoms with Crippen LogP contribution in [0.5, 0.6) is 0 Å². The number of aromatic amines is 3. The summed E-state index contributed by atoms with van der Waals surface area (Å²) < 4.78 is 97.3. The molecule has 126 heavy (non-hydrogen) atoms. The average molecular weight is 1780 g/mol. The molecule has 15 heterocycles. The number of pyridine rings is 3. The van der Waals surface area contributed by atoms with Crippen LogP contribution in [0.3, 0.4) is 0 Å². The Morgan fingerprint density at radius 2 is 0.738 bits per heavy atom. The second-order valence-corrected chi connectivity index (χ2v) is 39.1. The Morgan fingerprint density at radius 3 is 1.10 bits per heavy atom. The van der Waals surface area contributed by atoms with Gasteiger partial charge in [0.15, 0.2) is 34.9 Å². The maximum atomic E-state index is 16.4. The van der Waals surface area contributed by atoms with Crippen molar-refractivity contribution >= 4 is 90.9 Å². The molecule has 3 aliphatic heterocycles. The topological polar surface area (TPSA) is 318 Å². The van der Waals surface area contributed by atoms with E-state index >= 15 is 13.2 Å². The largest absolute Gasteiger partial charge is 0.481 e. The summed E-state index contributed by atoms with van der Waals surface area (Å²) in [6.45, 7) is 11.5. The number of piperazine rings is 2. The van der Waals surface area contributed by atoms with Gasteiger partial charge in [-0.05, 0) is 218 Å². The zero-order valence-electron chi connectivity index (χ0n) is 69.7. The molecule has 6 N–H and O–H groups in total. The first-order valence-corrected chi connectivity index (χ1v) is 46.2. The lowest BCUT2D eigenvalue weighted by Crippen LogP contribution is -2.46. The van der Waals surface area contributed by atoms with Crippen LogP contribution in [-0.2, 0) is 51.5 Å². The molecule has 3 saturated heterocycles. The summed E-state index contributed by atoms with van der Waals surface area (Å²) in [6, 6.07) is 15.3. The molecule has 6 atom stereocenters. The summed E-state index contributed by atoms with van der Waals surface area (Å²) >= 11 is 4.19. The van der Waals surface area contributed by atoms with Crippen molar-refractivity contribution in [2.45, 2.75) is 109 Å². The number of rotatable bonds is 20. The first kappa shape index (κ1) is 85.1. The first-order valence-electron chi connectivity index (χ1n) is 43.8. The SMILES string of the molecule is CN1CCN(C(=O)c2ccc(-c3nc(-c4c[nH]c5ncc(F)cc45)nc(CC4C5CCC(CC5)C4C(=O)O)c3F)s2)CC1.CN1CCN(Cc2ccc(-c3nc(-c4c[nH]c5ncc(F)cc45)nc(CC4C5CCC(CC5)C4C(=O)O)c3F)s2)CC1.O=C(O)C1C2CCC(CC2)C1Cc1nc(-c2c[nH]c3ncc(F)cc23)nc(-c2ccc(CN3CCOCC3)s2)c1F. The van der Waals surface area contributed by atoms with Crippen LogP contribution in [0.25, 0.3) is 99.0 Å². The van der Waals surface area contributed by atoms with Crippen molar-refractivity contribution < 1.29 is 65.6 Å². The molecule has 25 nitrogen and oxygen atoms in total. The second kappa shape index (κ2) is 36.1. The number of carbonyl (C=O) groups excluding carboxylic acids is 1. The predicted octanol–water partition coefficient (Wildman–Crippen LogP) is 16.1. The molecule has 6 bridgehead atoms. The summed E-state index contributed by atoms with van der Waals surface area (Å²) in [4.78, 5) is 115. The average Bonchev–Trinajstić information content (AvgIpc) is 1.77. The molecule has 12 aromatic heterocycles. The molecule has 0 aromatic carbocycles. The number of amides is 1. The number of carboxylic acid groups (broad SMARTS) is 3. The minimum absolute atomic E-state index is 0.0500. The molecule has 9 aliphatic carbocycles. The summed E-state index contributed by atoms with van der Waals surface area (Å²) in [7, 11) is 4.15. The van der Waals surface area contributed by atoms with E-state index < -0.39 is 70.6 Å². The van der Waals surface area contributed by atoms with E-state index in [0.29, 0.717) is 95.6 Å². The third-order valence-electron chi connectivity index (χ3n) is 28.4. The summed E-state index contributed by atoms with van der Waals surface area (Å²) in [5, 5.41) is 31.9. The molecule has 9 saturated carbocycles. The van der Waals surface area contributed by atoms with Crippen LogP contribution in [-0.4, -0.2) is 216 Å². The van der Waals surface area contributed by atoms with Crippen molar-refractivity contribution in [1.82, 2.24) is 84.3 Å². The Kier molecular flexibility index (Phi) is 24.4. The number of halogens is 6. The van der Waals surface area contributed by atoms with Gasteiger partial charge in [0.25, 0.3) is 5.91 Å². The molecule has 1 amide bonds. The van der Waals surface area contributed by atoms with Crippen molar-refractivity contribution in [3.8, 4) is 65.9 Å². The van der Waals surface area contributed by atoms with Gasteiger partial charge < -0.3 is 49.7 Å². The first-order chi connectivity index (χ1) is 61.0. The number of aromatic nitrogens is 12. The number of nitrogens with one attached hydrogen (secondary N) is 3. The number of carbonyl (C=O) groups is 4. The van der Waals surface area contributed by atoms with Crippen molar-refractivity contribution in [2.75, 3.05) is 92.8 Å². The minimum atomic E-state index is -0.835. The van der Waals surface area contributed by atoms with Crippen molar-refractivity contribution in [3.05, 3.63) is 158 Å². The number of ether oxygens (including phenoxy) is 1. The minimum Gasteiger partial charge on any atom is -0.481 e. The number of fused-ring (bicyclic) bond motifs is 12. The third-order valence-corrected chi connectivity index (χ3v) is 31.6. The Labute approximate surface area is 734 Å². The highest BCUT2D eigenvalue weighted by Gasteiger charge is 2.51. The zero-order valence-corrected chi connectivity index (χ0v) is 72.2. The van der Waals surface area contributed by atoms with Crippen LogP contribution < -0.4 is 0 Å². The predicted molar refractivity (Wildman–Crippen MR) is 465 cm³/mol.